The largest absolute Gasteiger partial charge is 0.324 e. The topological polar surface area (TPSA) is 56.0 Å². The van der Waals surface area contributed by atoms with E-state index in [-0.39, 0.29) is 11.8 Å². The highest BCUT2D eigenvalue weighted by molar-refractivity contribution is 5.76. The summed E-state index contributed by atoms with van der Waals surface area (Å²) < 4.78 is 0. The number of carbonyl (C=O) groups excluding carboxylic acids is 1. The molecule has 3 nitrogen and oxygen atoms in total. The lowest BCUT2D eigenvalue weighted by Crippen LogP contribution is -2.13. The molecule has 0 amide bonds. The number of carbonyl (C=O) groups is 1. The van der Waals surface area contributed by atoms with Crippen molar-refractivity contribution in [3.63, 3.8) is 0 Å². The minimum Gasteiger partial charge on any atom is -0.324 e. The molecule has 1 rings (SSSR count). The van der Waals surface area contributed by atoms with Gasteiger partial charge in [-0.05, 0) is 18.6 Å². The molecule has 0 aliphatic heterocycles. The first-order chi connectivity index (χ1) is 5.70. The van der Waals surface area contributed by atoms with Gasteiger partial charge in [-0.1, -0.05) is 6.07 Å². The summed E-state index contributed by atoms with van der Waals surface area (Å²) in [6.45, 7) is 1.54. The van der Waals surface area contributed by atoms with Crippen molar-refractivity contribution in [1.82, 2.24) is 4.98 Å². The van der Waals surface area contributed by atoms with Crippen molar-refractivity contribution in [3.05, 3.63) is 30.1 Å². The smallest absolute Gasteiger partial charge is 0.131 e. The molecule has 0 aromatic carbocycles. The summed E-state index contributed by atoms with van der Waals surface area (Å²) in [4.78, 5) is 14.6. The number of aromatic nitrogens is 1. The number of Topliss-reactive ketones (excluding diaryl/α,β-unsaturated/α-hetero) is 1. The van der Waals surface area contributed by atoms with E-state index in [4.69, 9.17) is 5.73 Å². The quantitative estimate of drug-likeness (QED) is 0.726. The Morgan fingerprint density at radius 3 is 3.00 bits per heavy atom. The van der Waals surface area contributed by atoms with Gasteiger partial charge in [-0.2, -0.15) is 0 Å². The lowest BCUT2D eigenvalue weighted by molar-refractivity contribution is -0.117. The monoisotopic (exact) mass is 164 g/mol. The van der Waals surface area contributed by atoms with Gasteiger partial charge in [0.05, 0.1) is 0 Å². The molecule has 3 heteroatoms. The summed E-state index contributed by atoms with van der Waals surface area (Å²) >= 11 is 0. The summed E-state index contributed by atoms with van der Waals surface area (Å²) in [6, 6.07) is 3.48. The van der Waals surface area contributed by atoms with E-state index in [1.165, 1.54) is 6.92 Å². The third-order valence-corrected chi connectivity index (χ3v) is 1.62. The molecule has 0 saturated heterocycles. The second-order valence-corrected chi connectivity index (χ2v) is 2.80. The Morgan fingerprint density at radius 1 is 1.75 bits per heavy atom. The van der Waals surface area contributed by atoms with Gasteiger partial charge in [0.25, 0.3) is 0 Å². The summed E-state index contributed by atoms with van der Waals surface area (Å²) in [5.41, 5.74) is 6.64. The summed E-state index contributed by atoms with van der Waals surface area (Å²) in [5, 5.41) is 0. The molecule has 0 spiro atoms. The lowest BCUT2D eigenvalue weighted by Gasteiger charge is -2.07. The fourth-order valence-corrected chi connectivity index (χ4v) is 1.02. The van der Waals surface area contributed by atoms with Gasteiger partial charge in [-0.15, -0.1) is 0 Å². The van der Waals surface area contributed by atoms with Crippen LogP contribution in [0.25, 0.3) is 0 Å². The van der Waals surface area contributed by atoms with Crippen LogP contribution in [-0.4, -0.2) is 10.8 Å². The van der Waals surface area contributed by atoms with E-state index in [9.17, 15) is 4.79 Å². The van der Waals surface area contributed by atoms with E-state index < -0.39 is 0 Å². The maximum Gasteiger partial charge on any atom is 0.131 e. The molecule has 0 aliphatic carbocycles. The minimum atomic E-state index is -0.212. The van der Waals surface area contributed by atoms with Gasteiger partial charge in [0.15, 0.2) is 0 Å². The zero-order valence-corrected chi connectivity index (χ0v) is 7.03. The van der Waals surface area contributed by atoms with Gasteiger partial charge in [0.2, 0.25) is 0 Å². The molecule has 1 heterocycles. The average molecular weight is 164 g/mol. The highest BCUT2D eigenvalue weighted by atomic mass is 16.1. The SMILES string of the molecule is CC(=O)C[C@@H](N)c1cccnc1. The minimum absolute atomic E-state index is 0.103. The van der Waals surface area contributed by atoms with Crippen LogP contribution >= 0.6 is 0 Å². The summed E-state index contributed by atoms with van der Waals surface area (Å²) in [7, 11) is 0. The summed E-state index contributed by atoms with van der Waals surface area (Å²) in [5.74, 6) is 0.103. The zero-order valence-electron chi connectivity index (χ0n) is 7.03. The third kappa shape index (κ3) is 2.43. The average Bonchev–Trinajstić information content (AvgIpc) is 2.05. The Morgan fingerprint density at radius 2 is 2.50 bits per heavy atom. The van der Waals surface area contributed by atoms with Crippen LogP contribution in [0.2, 0.25) is 0 Å². The molecule has 12 heavy (non-hydrogen) atoms. The lowest BCUT2D eigenvalue weighted by atomic mass is 10.1. The van der Waals surface area contributed by atoms with Gasteiger partial charge in [0, 0.05) is 24.9 Å². The van der Waals surface area contributed by atoms with Crippen molar-refractivity contribution in [2.24, 2.45) is 5.73 Å². The van der Waals surface area contributed by atoms with Crippen LogP contribution in [0.5, 0.6) is 0 Å². The molecule has 1 aromatic rings. The fraction of sp³-hybridized carbons (Fsp3) is 0.333. The second-order valence-electron chi connectivity index (χ2n) is 2.80. The Balaban J connectivity index is 2.65. The molecule has 2 N–H and O–H groups in total. The van der Waals surface area contributed by atoms with Crippen LogP contribution in [0, 0.1) is 0 Å². The predicted octanol–water partition coefficient (Wildman–Crippen LogP) is 1.06. The van der Waals surface area contributed by atoms with E-state index >= 15 is 0 Å². The molecule has 1 atom stereocenters. The predicted molar refractivity (Wildman–Crippen MR) is 46.5 cm³/mol. The van der Waals surface area contributed by atoms with Crippen molar-refractivity contribution in [1.29, 1.82) is 0 Å². The Labute approximate surface area is 71.6 Å². The van der Waals surface area contributed by atoms with Gasteiger partial charge < -0.3 is 5.73 Å². The Bertz CT molecular complexity index is 258. The summed E-state index contributed by atoms with van der Waals surface area (Å²) in [6.07, 6.45) is 3.75. The molecule has 0 saturated carbocycles. The van der Waals surface area contributed by atoms with Crippen LogP contribution < -0.4 is 5.73 Å². The number of nitrogens with two attached hydrogens (primary N) is 1. The number of hydrogen-bond donors (Lipinski definition) is 1. The molecule has 0 fully saturated rings. The molecule has 0 unspecified atom stereocenters. The first-order valence-corrected chi connectivity index (χ1v) is 3.85. The molecule has 64 valence electrons. The van der Waals surface area contributed by atoms with E-state index in [2.05, 4.69) is 4.98 Å². The molecule has 1 aromatic heterocycles. The van der Waals surface area contributed by atoms with Crippen LogP contribution in [-0.2, 0) is 4.79 Å². The van der Waals surface area contributed by atoms with Gasteiger partial charge >= 0.3 is 0 Å². The van der Waals surface area contributed by atoms with Crippen molar-refractivity contribution < 1.29 is 4.79 Å². The number of pyridine rings is 1. The van der Waals surface area contributed by atoms with Crippen molar-refractivity contribution in [2.45, 2.75) is 19.4 Å². The maximum atomic E-state index is 10.7. The molecule has 0 bridgehead atoms. The van der Waals surface area contributed by atoms with E-state index in [1.54, 1.807) is 12.4 Å². The van der Waals surface area contributed by atoms with E-state index in [0.717, 1.165) is 5.56 Å². The standard InChI is InChI=1S/C9H12N2O/c1-7(12)5-9(10)8-3-2-4-11-6-8/h2-4,6,9H,5,10H2,1H3/t9-/m1/s1. The molecular formula is C9H12N2O. The first kappa shape index (κ1) is 8.87. The second kappa shape index (κ2) is 3.97. The number of ketones is 1. The van der Waals surface area contributed by atoms with E-state index in [0.29, 0.717) is 6.42 Å². The maximum absolute atomic E-state index is 10.7. The number of hydrogen-bond acceptors (Lipinski definition) is 3. The van der Waals surface area contributed by atoms with Gasteiger partial charge in [0.1, 0.15) is 5.78 Å². The molecule has 0 aliphatic rings. The van der Waals surface area contributed by atoms with Crippen LogP contribution in [0.1, 0.15) is 24.9 Å². The number of nitrogens with zero attached hydrogens (tertiary/aromatic N) is 1. The van der Waals surface area contributed by atoms with Crippen molar-refractivity contribution in [3.8, 4) is 0 Å². The molecule has 0 radical (unpaired) electrons. The fourth-order valence-electron chi connectivity index (χ4n) is 1.02. The zero-order chi connectivity index (χ0) is 8.97. The third-order valence-electron chi connectivity index (χ3n) is 1.62. The Hall–Kier alpha value is -1.22. The van der Waals surface area contributed by atoms with Crippen molar-refractivity contribution in [2.75, 3.05) is 0 Å². The first-order valence-electron chi connectivity index (χ1n) is 3.85. The van der Waals surface area contributed by atoms with Crippen LogP contribution in [0.15, 0.2) is 24.5 Å². The number of rotatable bonds is 3. The highest BCUT2D eigenvalue weighted by Crippen LogP contribution is 2.11. The highest BCUT2D eigenvalue weighted by Gasteiger charge is 2.07. The van der Waals surface area contributed by atoms with Crippen molar-refractivity contribution >= 4 is 5.78 Å². The molecular weight excluding hydrogens is 152 g/mol. The van der Waals surface area contributed by atoms with Crippen LogP contribution in [0.4, 0.5) is 0 Å². The normalized spacial score (nSPS) is 12.5. The van der Waals surface area contributed by atoms with Gasteiger partial charge in [-0.3, -0.25) is 9.78 Å². The van der Waals surface area contributed by atoms with Crippen LogP contribution in [0.3, 0.4) is 0 Å². The van der Waals surface area contributed by atoms with E-state index in [1.807, 2.05) is 12.1 Å². The van der Waals surface area contributed by atoms with Gasteiger partial charge in [-0.25, -0.2) is 0 Å². The Kier molecular flexibility index (Phi) is 2.94.